The summed E-state index contributed by atoms with van der Waals surface area (Å²) in [5.41, 5.74) is -0.694. The van der Waals surface area contributed by atoms with Crippen LogP contribution in [0.1, 0.15) is 37.7 Å². The number of halogens is 3. The lowest BCUT2D eigenvalue weighted by molar-refractivity contribution is -0.137. The zero-order chi connectivity index (χ0) is 17.7. The van der Waals surface area contributed by atoms with Gasteiger partial charge in [-0.15, -0.1) is 0 Å². The molecular formula is C18H26F3N3O. The zero-order valence-electron chi connectivity index (χ0n) is 14.4. The maximum Gasteiger partial charge on any atom is 0.417 e. The number of hydrogen-bond donors (Lipinski definition) is 1. The average Bonchev–Trinajstić information content (AvgIpc) is 3.12. The van der Waals surface area contributed by atoms with E-state index < -0.39 is 11.7 Å². The standard InChI is InChI=1S/C18H26F3N3O/c19-18(20,21)15-3-4-17(23-12-15)24-9-5-16(6-10-24)22-8-1-2-14-7-11-25-13-14/h3-4,12,14,16,22H,1-2,5-11,13H2/t14-/m1/s1. The quantitative estimate of drug-likeness (QED) is 0.791. The lowest BCUT2D eigenvalue weighted by atomic mass is 10.0. The van der Waals surface area contributed by atoms with Gasteiger partial charge >= 0.3 is 6.18 Å². The second kappa shape index (κ2) is 8.36. The third-order valence-electron chi connectivity index (χ3n) is 5.14. The van der Waals surface area contributed by atoms with E-state index in [1.807, 2.05) is 0 Å². The van der Waals surface area contributed by atoms with E-state index in [1.165, 1.54) is 25.3 Å². The van der Waals surface area contributed by atoms with Crippen LogP contribution >= 0.6 is 0 Å². The van der Waals surface area contributed by atoms with Gasteiger partial charge in [-0.2, -0.15) is 13.2 Å². The molecule has 2 aliphatic rings. The minimum absolute atomic E-state index is 0.491. The van der Waals surface area contributed by atoms with Crippen LogP contribution in [-0.4, -0.2) is 43.9 Å². The lowest BCUT2D eigenvalue weighted by Gasteiger charge is -2.33. The van der Waals surface area contributed by atoms with Crippen LogP contribution in [0.4, 0.5) is 19.0 Å². The van der Waals surface area contributed by atoms with E-state index in [4.69, 9.17) is 4.74 Å². The number of aromatic nitrogens is 1. The Morgan fingerprint density at radius 1 is 1.20 bits per heavy atom. The number of ether oxygens (including phenoxy) is 1. The lowest BCUT2D eigenvalue weighted by Crippen LogP contribution is -2.43. The first-order valence-corrected chi connectivity index (χ1v) is 9.11. The van der Waals surface area contributed by atoms with Gasteiger partial charge in [0, 0.05) is 38.5 Å². The van der Waals surface area contributed by atoms with Crippen molar-refractivity contribution in [2.24, 2.45) is 5.92 Å². The highest BCUT2D eigenvalue weighted by Crippen LogP contribution is 2.29. The Hall–Kier alpha value is -1.34. The van der Waals surface area contributed by atoms with Crippen molar-refractivity contribution in [2.75, 3.05) is 37.7 Å². The fourth-order valence-corrected chi connectivity index (χ4v) is 3.56. The Morgan fingerprint density at radius 2 is 2.00 bits per heavy atom. The fourth-order valence-electron chi connectivity index (χ4n) is 3.56. The molecule has 2 aliphatic heterocycles. The van der Waals surface area contributed by atoms with E-state index in [0.717, 1.165) is 63.9 Å². The minimum atomic E-state index is -4.33. The highest BCUT2D eigenvalue weighted by molar-refractivity contribution is 5.40. The van der Waals surface area contributed by atoms with E-state index >= 15 is 0 Å². The second-order valence-corrected chi connectivity index (χ2v) is 6.99. The molecule has 4 nitrogen and oxygen atoms in total. The Morgan fingerprint density at radius 3 is 2.60 bits per heavy atom. The van der Waals surface area contributed by atoms with Crippen molar-refractivity contribution in [3.63, 3.8) is 0 Å². The number of hydrogen-bond acceptors (Lipinski definition) is 4. The largest absolute Gasteiger partial charge is 0.417 e. The summed E-state index contributed by atoms with van der Waals surface area (Å²) in [4.78, 5) is 6.05. The van der Waals surface area contributed by atoms with E-state index in [1.54, 1.807) is 0 Å². The number of rotatable bonds is 6. The number of nitrogens with zero attached hydrogens (tertiary/aromatic N) is 2. The van der Waals surface area contributed by atoms with E-state index in [-0.39, 0.29) is 0 Å². The molecule has 25 heavy (non-hydrogen) atoms. The predicted molar refractivity (Wildman–Crippen MR) is 90.6 cm³/mol. The first-order chi connectivity index (χ1) is 12.0. The van der Waals surface area contributed by atoms with Gasteiger partial charge in [-0.25, -0.2) is 4.98 Å². The summed E-state index contributed by atoms with van der Waals surface area (Å²) in [6.07, 6.45) is 2.18. The molecule has 0 aromatic carbocycles. The molecular weight excluding hydrogens is 331 g/mol. The van der Waals surface area contributed by atoms with Gasteiger partial charge in [-0.1, -0.05) is 0 Å². The summed E-state index contributed by atoms with van der Waals surface area (Å²) < 4.78 is 43.2. The molecule has 0 aliphatic carbocycles. The number of pyridine rings is 1. The molecule has 1 aromatic rings. The Kier molecular flexibility index (Phi) is 6.17. The summed E-state index contributed by atoms with van der Waals surface area (Å²) in [7, 11) is 0. The summed E-state index contributed by atoms with van der Waals surface area (Å²) in [5, 5.41) is 3.61. The maximum atomic E-state index is 12.6. The van der Waals surface area contributed by atoms with Gasteiger partial charge in [-0.05, 0) is 56.7 Å². The molecule has 2 fully saturated rings. The molecule has 0 radical (unpaired) electrons. The van der Waals surface area contributed by atoms with E-state index in [0.29, 0.717) is 11.9 Å². The second-order valence-electron chi connectivity index (χ2n) is 6.99. The Bertz CT molecular complexity index is 521. The number of nitrogens with one attached hydrogen (secondary N) is 1. The van der Waals surface area contributed by atoms with Crippen LogP contribution in [0.5, 0.6) is 0 Å². The van der Waals surface area contributed by atoms with E-state index in [9.17, 15) is 13.2 Å². The van der Waals surface area contributed by atoms with Gasteiger partial charge in [0.25, 0.3) is 0 Å². The molecule has 1 atom stereocenters. The molecule has 0 amide bonds. The summed E-state index contributed by atoms with van der Waals surface area (Å²) >= 11 is 0. The Labute approximate surface area is 146 Å². The molecule has 0 unspecified atom stereocenters. The topological polar surface area (TPSA) is 37.4 Å². The molecule has 2 saturated heterocycles. The van der Waals surface area contributed by atoms with Crippen LogP contribution in [0.2, 0.25) is 0 Å². The first kappa shape index (κ1) is 18.5. The minimum Gasteiger partial charge on any atom is -0.381 e. The third-order valence-corrected chi connectivity index (χ3v) is 5.14. The van der Waals surface area contributed by atoms with Crippen molar-refractivity contribution in [3.8, 4) is 0 Å². The summed E-state index contributed by atoms with van der Waals surface area (Å²) in [6, 6.07) is 3.07. The van der Waals surface area contributed by atoms with E-state index in [2.05, 4.69) is 15.2 Å². The van der Waals surface area contributed by atoms with Crippen LogP contribution in [0, 0.1) is 5.92 Å². The van der Waals surface area contributed by atoms with Crippen molar-refractivity contribution < 1.29 is 17.9 Å². The zero-order valence-corrected chi connectivity index (χ0v) is 14.4. The fraction of sp³-hybridized carbons (Fsp3) is 0.722. The number of alkyl halides is 3. The van der Waals surface area contributed by atoms with Crippen molar-refractivity contribution >= 4 is 5.82 Å². The first-order valence-electron chi connectivity index (χ1n) is 9.11. The van der Waals surface area contributed by atoms with Gasteiger partial charge in [0.15, 0.2) is 0 Å². The SMILES string of the molecule is FC(F)(F)c1ccc(N2CCC(NCCC[C@@H]3CCOC3)CC2)nc1. The maximum absolute atomic E-state index is 12.6. The van der Waals surface area contributed by atoms with Crippen LogP contribution in [-0.2, 0) is 10.9 Å². The van der Waals surface area contributed by atoms with Crippen molar-refractivity contribution in [1.29, 1.82) is 0 Å². The van der Waals surface area contributed by atoms with Gasteiger partial charge < -0.3 is 15.0 Å². The van der Waals surface area contributed by atoms with Crippen molar-refractivity contribution in [2.45, 2.75) is 44.3 Å². The monoisotopic (exact) mass is 357 g/mol. The molecule has 3 heterocycles. The molecule has 140 valence electrons. The van der Waals surface area contributed by atoms with Crippen LogP contribution in [0.15, 0.2) is 18.3 Å². The van der Waals surface area contributed by atoms with Crippen molar-refractivity contribution in [1.82, 2.24) is 10.3 Å². The van der Waals surface area contributed by atoms with Crippen LogP contribution < -0.4 is 10.2 Å². The Balaban J connectivity index is 1.36. The predicted octanol–water partition coefficient (Wildman–Crippen LogP) is 3.48. The normalized spacial score (nSPS) is 22.5. The molecule has 0 bridgehead atoms. The molecule has 0 saturated carbocycles. The van der Waals surface area contributed by atoms with Crippen molar-refractivity contribution in [3.05, 3.63) is 23.9 Å². The highest BCUT2D eigenvalue weighted by Gasteiger charge is 2.31. The molecule has 1 N–H and O–H groups in total. The van der Waals surface area contributed by atoms with Gasteiger partial charge in [0.05, 0.1) is 5.56 Å². The molecule has 1 aromatic heterocycles. The molecule has 3 rings (SSSR count). The smallest absolute Gasteiger partial charge is 0.381 e. The number of anilines is 1. The van der Waals surface area contributed by atoms with Crippen LogP contribution in [0.3, 0.4) is 0 Å². The van der Waals surface area contributed by atoms with Crippen LogP contribution in [0.25, 0.3) is 0 Å². The summed E-state index contributed by atoms with van der Waals surface area (Å²) in [5.74, 6) is 1.36. The van der Waals surface area contributed by atoms with Gasteiger partial charge in [0.1, 0.15) is 5.82 Å². The average molecular weight is 357 g/mol. The highest BCUT2D eigenvalue weighted by atomic mass is 19.4. The number of piperidine rings is 1. The molecule has 0 spiro atoms. The molecule has 7 heteroatoms. The van der Waals surface area contributed by atoms with Gasteiger partial charge in [0.2, 0.25) is 0 Å². The van der Waals surface area contributed by atoms with Gasteiger partial charge in [-0.3, -0.25) is 0 Å². The summed E-state index contributed by atoms with van der Waals surface area (Å²) in [6.45, 7) is 4.51. The third kappa shape index (κ3) is 5.31.